The first-order chi connectivity index (χ1) is 18.2. The monoisotopic (exact) mass is 516 g/mol. The van der Waals surface area contributed by atoms with Crippen LogP contribution in [0, 0.1) is 11.8 Å². The second kappa shape index (κ2) is 10.4. The van der Waals surface area contributed by atoms with E-state index in [-0.39, 0.29) is 12.6 Å². The molecule has 1 unspecified atom stereocenters. The van der Waals surface area contributed by atoms with Gasteiger partial charge in [0.25, 0.3) is 0 Å². The molecule has 3 N–H and O–H groups in total. The topological polar surface area (TPSA) is 139 Å². The number of aromatic nitrogens is 4. The number of rotatable bonds is 5. The van der Waals surface area contributed by atoms with Gasteiger partial charge in [0.1, 0.15) is 23.5 Å². The number of ether oxygens (including phenoxy) is 1. The van der Waals surface area contributed by atoms with Crippen LogP contribution in [0.4, 0.5) is 10.5 Å². The lowest BCUT2D eigenvalue weighted by Crippen LogP contribution is -2.37. The highest BCUT2D eigenvalue weighted by Gasteiger charge is 2.48. The molecule has 10 nitrogen and oxygen atoms in total. The second-order valence-electron chi connectivity index (χ2n) is 10.8. The molecule has 198 valence electrons. The van der Waals surface area contributed by atoms with Crippen LogP contribution in [0.5, 0.6) is 0 Å². The third-order valence-electron chi connectivity index (χ3n) is 6.92. The van der Waals surface area contributed by atoms with Gasteiger partial charge in [0.15, 0.2) is 0 Å². The molecule has 0 bridgehead atoms. The van der Waals surface area contributed by atoms with E-state index in [9.17, 15) is 14.7 Å². The third kappa shape index (κ3) is 5.80. The van der Waals surface area contributed by atoms with Gasteiger partial charge in [-0.3, -0.25) is 14.8 Å². The van der Waals surface area contributed by atoms with Crippen LogP contribution in [0.2, 0.25) is 0 Å². The van der Waals surface area contributed by atoms with Crippen LogP contribution in [0.15, 0.2) is 42.7 Å². The normalized spacial score (nSPS) is 20.3. The molecule has 0 spiro atoms. The van der Waals surface area contributed by atoms with Crippen molar-refractivity contribution in [3.8, 4) is 22.8 Å². The molecule has 1 saturated carbocycles. The lowest BCUT2D eigenvalue weighted by Gasteiger charge is -2.19. The Hall–Kier alpha value is -3.92. The van der Waals surface area contributed by atoms with E-state index < -0.39 is 17.6 Å². The average Bonchev–Trinajstić information content (AvgIpc) is 3.49. The van der Waals surface area contributed by atoms with Gasteiger partial charge in [-0.15, -0.1) is 10.2 Å². The summed E-state index contributed by atoms with van der Waals surface area (Å²) < 4.78 is 5.14. The van der Waals surface area contributed by atoms with Crippen molar-refractivity contribution in [2.24, 2.45) is 11.8 Å². The Morgan fingerprint density at radius 2 is 1.63 bits per heavy atom. The van der Waals surface area contributed by atoms with Gasteiger partial charge in [0, 0.05) is 6.20 Å². The maximum absolute atomic E-state index is 12.3. The Morgan fingerprint density at radius 3 is 2.18 bits per heavy atom. The highest BCUT2D eigenvalue weighted by atomic mass is 16.6. The van der Waals surface area contributed by atoms with Crippen LogP contribution < -0.4 is 10.6 Å². The highest BCUT2D eigenvalue weighted by molar-refractivity contribution is 5.93. The van der Waals surface area contributed by atoms with Crippen molar-refractivity contribution in [2.45, 2.75) is 58.2 Å². The van der Waals surface area contributed by atoms with E-state index in [2.05, 4.69) is 30.8 Å². The van der Waals surface area contributed by atoms with E-state index in [1.165, 1.54) is 0 Å². The summed E-state index contributed by atoms with van der Waals surface area (Å²) in [5.74, 6) is 0.289. The minimum Gasteiger partial charge on any atom is -0.444 e. The van der Waals surface area contributed by atoms with Crippen molar-refractivity contribution in [1.29, 1.82) is 0 Å². The summed E-state index contributed by atoms with van der Waals surface area (Å²) >= 11 is 0. The van der Waals surface area contributed by atoms with Crippen LogP contribution in [0.1, 0.15) is 44.7 Å². The van der Waals surface area contributed by atoms with Gasteiger partial charge >= 0.3 is 6.09 Å². The molecule has 0 aliphatic heterocycles. The fraction of sp³-hybridized carbons (Fsp3) is 0.429. The van der Waals surface area contributed by atoms with Crippen molar-refractivity contribution in [2.75, 3.05) is 11.9 Å². The zero-order valence-electron chi connectivity index (χ0n) is 21.8. The average molecular weight is 517 g/mol. The molecular weight excluding hydrogens is 484 g/mol. The molecule has 38 heavy (non-hydrogen) atoms. The van der Waals surface area contributed by atoms with Gasteiger partial charge in [-0.25, -0.2) is 4.79 Å². The van der Waals surface area contributed by atoms with E-state index in [1.54, 1.807) is 45.3 Å². The van der Waals surface area contributed by atoms with Crippen molar-refractivity contribution in [3.63, 3.8) is 0 Å². The van der Waals surface area contributed by atoms with E-state index in [4.69, 9.17) is 4.74 Å². The zero-order valence-corrected chi connectivity index (χ0v) is 21.8. The van der Waals surface area contributed by atoms with Gasteiger partial charge < -0.3 is 20.5 Å². The Balaban J connectivity index is 1.34. The maximum atomic E-state index is 12.3. The summed E-state index contributed by atoms with van der Waals surface area (Å²) in [6, 6.07) is 9.29. The largest absolute Gasteiger partial charge is 0.444 e. The molecule has 3 atom stereocenters. The lowest BCUT2D eigenvalue weighted by atomic mass is 9.90. The fourth-order valence-corrected chi connectivity index (χ4v) is 5.06. The number of alkyl carbamates (subject to hydrolysis) is 1. The number of hydrogen-bond donors (Lipinski definition) is 3. The second-order valence-corrected chi connectivity index (χ2v) is 10.8. The van der Waals surface area contributed by atoms with E-state index >= 15 is 0 Å². The molecule has 3 aromatic heterocycles. The molecule has 0 radical (unpaired) electrons. The Kier molecular flexibility index (Phi) is 7.07. The summed E-state index contributed by atoms with van der Waals surface area (Å²) in [6.45, 7) is 5.03. The first-order valence-electron chi connectivity index (χ1n) is 12.9. The minimum absolute atomic E-state index is 0.224. The number of aliphatic hydroxyl groups excluding tert-OH is 1. The summed E-state index contributed by atoms with van der Waals surface area (Å²) in [5, 5.41) is 24.6. The number of fused-ring (bicyclic) bond motifs is 2. The van der Waals surface area contributed by atoms with Crippen LogP contribution in [0.3, 0.4) is 0 Å². The first-order valence-corrected chi connectivity index (χ1v) is 12.9. The van der Waals surface area contributed by atoms with Gasteiger partial charge in [-0.1, -0.05) is 6.07 Å². The molecule has 0 aromatic carbocycles. The molecule has 2 aliphatic carbocycles. The summed E-state index contributed by atoms with van der Waals surface area (Å²) in [6.07, 6.45) is 5.78. The number of carbonyl (C=O) groups excluding carboxylic acids is 2. The standard InChI is InChI=1S/C28H32N6O4/c1-28(2,3)38-27(37)31-15-23(35)32-16-7-12-22(30-14-16)25-18-9-11-20-19(26(20)36)10-8-17(18)24(33-34-25)21-6-4-5-13-29-21/h4-7,12-14,19-20,26,36H,8-11,15H2,1-3H3,(H,31,37)(H,32,35)/t19-,20+,26?/m0/s1. The molecule has 3 heterocycles. The number of anilines is 1. The highest BCUT2D eigenvalue weighted by Crippen LogP contribution is 2.48. The first kappa shape index (κ1) is 25.7. The number of aliphatic hydroxyl groups is 1. The van der Waals surface area contributed by atoms with Crippen molar-refractivity contribution in [3.05, 3.63) is 53.9 Å². The van der Waals surface area contributed by atoms with Gasteiger partial charge in [0.05, 0.1) is 29.4 Å². The smallest absolute Gasteiger partial charge is 0.408 e. The third-order valence-corrected chi connectivity index (χ3v) is 6.92. The van der Waals surface area contributed by atoms with Crippen LogP contribution in [-0.2, 0) is 22.4 Å². The zero-order chi connectivity index (χ0) is 26.9. The SMILES string of the molecule is CC(C)(C)OC(=O)NCC(=O)Nc1ccc(-c2nnc(-c3ccccn3)c3c2CC[C@H]2C(O)[C@H]2CC3)nc1. The summed E-state index contributed by atoms with van der Waals surface area (Å²) in [4.78, 5) is 33.1. The predicted octanol–water partition coefficient (Wildman–Crippen LogP) is 3.55. The Morgan fingerprint density at radius 1 is 0.974 bits per heavy atom. The van der Waals surface area contributed by atoms with Crippen LogP contribution in [0.25, 0.3) is 22.8 Å². The fourth-order valence-electron chi connectivity index (χ4n) is 5.06. The molecule has 1 fully saturated rings. The van der Waals surface area contributed by atoms with Crippen molar-refractivity contribution >= 4 is 17.7 Å². The summed E-state index contributed by atoms with van der Waals surface area (Å²) in [7, 11) is 0. The van der Waals surface area contributed by atoms with E-state index in [0.29, 0.717) is 28.9 Å². The van der Waals surface area contributed by atoms with Crippen LogP contribution in [-0.4, -0.2) is 55.5 Å². The molecule has 5 rings (SSSR count). The summed E-state index contributed by atoms with van der Waals surface area (Å²) in [5.41, 5.74) is 4.97. The molecule has 0 saturated heterocycles. The number of pyridine rings is 2. The maximum Gasteiger partial charge on any atom is 0.408 e. The Bertz CT molecular complexity index is 1320. The number of hydrogen-bond acceptors (Lipinski definition) is 8. The Labute approximate surface area is 221 Å². The lowest BCUT2D eigenvalue weighted by molar-refractivity contribution is -0.115. The number of amides is 2. The molecular formula is C28H32N6O4. The molecule has 3 aromatic rings. The predicted molar refractivity (Wildman–Crippen MR) is 141 cm³/mol. The number of nitrogens with one attached hydrogen (secondary N) is 2. The van der Waals surface area contributed by atoms with E-state index in [1.807, 2.05) is 18.2 Å². The van der Waals surface area contributed by atoms with Gasteiger partial charge in [0.2, 0.25) is 5.91 Å². The van der Waals surface area contributed by atoms with Crippen molar-refractivity contribution in [1.82, 2.24) is 25.5 Å². The van der Waals surface area contributed by atoms with Crippen molar-refractivity contribution < 1.29 is 19.4 Å². The molecule has 10 heteroatoms. The van der Waals surface area contributed by atoms with Gasteiger partial charge in [-0.05, 0) is 93.7 Å². The quantitative estimate of drug-likeness (QED) is 0.468. The van der Waals surface area contributed by atoms with Gasteiger partial charge in [-0.2, -0.15) is 0 Å². The van der Waals surface area contributed by atoms with E-state index in [0.717, 1.165) is 48.2 Å². The molecule has 2 aliphatic rings. The molecule has 2 amide bonds. The minimum atomic E-state index is -0.657. The number of nitrogens with zero attached hydrogens (tertiary/aromatic N) is 4. The number of carbonyl (C=O) groups is 2. The van der Waals surface area contributed by atoms with Crippen LogP contribution >= 0.6 is 0 Å².